The minimum atomic E-state index is -0.562. The number of methoxy groups -OCH3 is 1. The highest BCUT2D eigenvalue weighted by Gasteiger charge is 2.19. The third kappa shape index (κ3) is 6.53. The second-order valence-corrected chi connectivity index (χ2v) is 9.31. The lowest BCUT2D eigenvalue weighted by Crippen LogP contribution is -2.23. The van der Waals surface area contributed by atoms with Crippen LogP contribution in [0.25, 0.3) is 22.4 Å². The van der Waals surface area contributed by atoms with Gasteiger partial charge in [-0.1, -0.05) is 31.9 Å². The van der Waals surface area contributed by atoms with Gasteiger partial charge in [-0.05, 0) is 75.2 Å². The fraction of sp³-hybridized carbons (Fsp3) is 0.345. The van der Waals surface area contributed by atoms with E-state index in [9.17, 15) is 9.59 Å². The largest absolute Gasteiger partial charge is 0.497 e. The Labute approximate surface area is 202 Å². The minimum Gasteiger partial charge on any atom is -0.497 e. The highest BCUT2D eigenvalue weighted by atomic mass is 16.6. The molecular weight excluding hydrogens is 426 g/mol. The first kappa shape index (κ1) is 25.2. The van der Waals surface area contributed by atoms with Gasteiger partial charge in [0.25, 0.3) is 0 Å². The Balaban J connectivity index is 2.00. The lowest BCUT2D eigenvalue weighted by atomic mass is 9.95. The molecule has 0 aliphatic carbocycles. The van der Waals surface area contributed by atoms with Crippen LogP contribution in [-0.4, -0.2) is 29.4 Å². The van der Waals surface area contributed by atoms with Crippen molar-refractivity contribution in [2.24, 2.45) is 0 Å². The van der Waals surface area contributed by atoms with Crippen LogP contribution >= 0.6 is 0 Å². The molecule has 0 amide bonds. The molecule has 0 spiro atoms. The van der Waals surface area contributed by atoms with Crippen molar-refractivity contribution in [3.63, 3.8) is 0 Å². The lowest BCUT2D eigenvalue weighted by molar-refractivity contribution is 0.00694. The van der Waals surface area contributed by atoms with E-state index in [1.165, 1.54) is 0 Å². The number of pyridine rings is 1. The van der Waals surface area contributed by atoms with E-state index in [0.717, 1.165) is 47.4 Å². The quantitative estimate of drug-likeness (QED) is 0.193. The predicted octanol–water partition coefficient (Wildman–Crippen LogP) is 7.14. The number of nitrogens with zero attached hydrogens (tertiary/aromatic N) is 1. The van der Waals surface area contributed by atoms with Gasteiger partial charge in [0, 0.05) is 29.3 Å². The Morgan fingerprint density at radius 2 is 1.53 bits per heavy atom. The molecular formula is C29H33NO4. The van der Waals surface area contributed by atoms with Crippen molar-refractivity contribution in [1.82, 2.24) is 4.98 Å². The summed E-state index contributed by atoms with van der Waals surface area (Å²) in [6.07, 6.45) is 5.13. The van der Waals surface area contributed by atoms with Crippen LogP contribution in [0.4, 0.5) is 0 Å². The number of rotatable bonds is 9. The Hall–Kier alpha value is -3.47. The molecule has 0 fully saturated rings. The van der Waals surface area contributed by atoms with Crippen LogP contribution in [0.5, 0.6) is 5.75 Å². The van der Waals surface area contributed by atoms with Crippen molar-refractivity contribution in [3.8, 4) is 28.1 Å². The fourth-order valence-electron chi connectivity index (χ4n) is 3.62. The van der Waals surface area contributed by atoms with E-state index < -0.39 is 5.60 Å². The second-order valence-electron chi connectivity index (χ2n) is 9.31. The van der Waals surface area contributed by atoms with Crippen LogP contribution in [0, 0.1) is 0 Å². The monoisotopic (exact) mass is 459 g/mol. The molecule has 0 saturated heterocycles. The van der Waals surface area contributed by atoms with Crippen molar-refractivity contribution in [3.05, 3.63) is 71.9 Å². The molecule has 0 atom stereocenters. The van der Waals surface area contributed by atoms with Crippen LogP contribution in [0.1, 0.15) is 74.1 Å². The van der Waals surface area contributed by atoms with Crippen LogP contribution in [0.2, 0.25) is 0 Å². The summed E-state index contributed by atoms with van der Waals surface area (Å²) in [4.78, 5) is 29.9. The maximum Gasteiger partial charge on any atom is 0.338 e. The average Bonchev–Trinajstić information content (AvgIpc) is 2.83. The highest BCUT2D eigenvalue weighted by molar-refractivity contribution is 5.98. The van der Waals surface area contributed by atoms with Crippen molar-refractivity contribution < 1.29 is 19.1 Å². The molecule has 0 aliphatic rings. The van der Waals surface area contributed by atoms with E-state index in [0.29, 0.717) is 17.5 Å². The van der Waals surface area contributed by atoms with Gasteiger partial charge in [0.2, 0.25) is 0 Å². The van der Waals surface area contributed by atoms with E-state index in [2.05, 4.69) is 11.9 Å². The summed E-state index contributed by atoms with van der Waals surface area (Å²) in [5.74, 6) is 0.482. The number of Topliss-reactive ketones (excluding diaryl/α,β-unsaturated/α-hetero) is 1. The van der Waals surface area contributed by atoms with Crippen LogP contribution in [0.3, 0.4) is 0 Å². The molecule has 3 aromatic rings. The number of benzene rings is 2. The zero-order valence-electron chi connectivity index (χ0n) is 20.7. The van der Waals surface area contributed by atoms with Gasteiger partial charge in [-0.25, -0.2) is 4.79 Å². The number of ketones is 1. The molecule has 3 rings (SSSR count). The number of carbonyl (C=O) groups excluding carboxylic acids is 2. The topological polar surface area (TPSA) is 65.5 Å². The van der Waals surface area contributed by atoms with Gasteiger partial charge >= 0.3 is 5.97 Å². The van der Waals surface area contributed by atoms with Gasteiger partial charge in [-0.3, -0.25) is 9.78 Å². The molecule has 178 valence electrons. The first-order valence-electron chi connectivity index (χ1n) is 11.7. The zero-order chi connectivity index (χ0) is 24.7. The molecule has 0 radical (unpaired) electrons. The summed E-state index contributed by atoms with van der Waals surface area (Å²) >= 11 is 0. The molecule has 1 aromatic heterocycles. The van der Waals surface area contributed by atoms with Crippen molar-refractivity contribution in [2.45, 2.75) is 59.0 Å². The summed E-state index contributed by atoms with van der Waals surface area (Å²) in [5.41, 5.74) is 3.89. The predicted molar refractivity (Wildman–Crippen MR) is 135 cm³/mol. The molecule has 0 unspecified atom stereocenters. The summed E-state index contributed by atoms with van der Waals surface area (Å²) in [5, 5.41) is 0. The number of unbranched alkanes of at least 4 members (excludes halogenated alkanes) is 2. The first-order valence-corrected chi connectivity index (χ1v) is 11.7. The molecule has 5 nitrogen and oxygen atoms in total. The van der Waals surface area contributed by atoms with Crippen LogP contribution in [-0.2, 0) is 4.74 Å². The van der Waals surface area contributed by atoms with Crippen molar-refractivity contribution in [1.29, 1.82) is 0 Å². The molecule has 0 aliphatic heterocycles. The summed E-state index contributed by atoms with van der Waals surface area (Å²) in [7, 11) is 1.63. The van der Waals surface area contributed by atoms with Gasteiger partial charge in [0.05, 0.1) is 18.4 Å². The summed E-state index contributed by atoms with van der Waals surface area (Å²) < 4.78 is 10.8. The average molecular weight is 460 g/mol. The van der Waals surface area contributed by atoms with Crippen molar-refractivity contribution >= 4 is 11.8 Å². The third-order valence-electron chi connectivity index (χ3n) is 5.41. The fourth-order valence-corrected chi connectivity index (χ4v) is 3.62. The molecule has 0 N–H and O–H groups in total. The molecule has 34 heavy (non-hydrogen) atoms. The maximum absolute atomic E-state index is 12.8. The van der Waals surface area contributed by atoms with Gasteiger partial charge < -0.3 is 9.47 Å². The van der Waals surface area contributed by atoms with E-state index in [-0.39, 0.29) is 11.8 Å². The SMILES string of the molecule is CCCCCC(=O)c1cnc(-c2ccc(OC)cc2)c(-c2ccc(C(=O)OC(C)(C)C)cc2)c1. The highest BCUT2D eigenvalue weighted by Crippen LogP contribution is 2.33. The maximum atomic E-state index is 12.8. The number of aromatic nitrogens is 1. The van der Waals surface area contributed by atoms with Gasteiger partial charge in [0.1, 0.15) is 11.4 Å². The minimum absolute atomic E-state index is 0.0915. The Bertz CT molecular complexity index is 1130. The molecule has 1 heterocycles. The van der Waals surface area contributed by atoms with E-state index >= 15 is 0 Å². The molecule has 5 heteroatoms. The second kappa shape index (κ2) is 11.1. The molecule has 0 saturated carbocycles. The smallest absolute Gasteiger partial charge is 0.338 e. The van der Waals surface area contributed by atoms with Crippen molar-refractivity contribution in [2.75, 3.05) is 7.11 Å². The third-order valence-corrected chi connectivity index (χ3v) is 5.41. The number of hydrogen-bond acceptors (Lipinski definition) is 5. The van der Waals surface area contributed by atoms with Crippen LogP contribution < -0.4 is 4.74 Å². The van der Waals surface area contributed by atoms with E-state index in [1.807, 2.05) is 63.2 Å². The van der Waals surface area contributed by atoms with Gasteiger partial charge in [-0.2, -0.15) is 0 Å². The van der Waals surface area contributed by atoms with Gasteiger partial charge in [0.15, 0.2) is 5.78 Å². The standard InChI is InChI=1S/C29H33NO4/c1-6-7-8-9-26(31)23-18-25(27(30-19-23)21-14-16-24(33-5)17-15-21)20-10-12-22(13-11-20)28(32)34-29(2,3)4/h10-19H,6-9H2,1-5H3. The summed E-state index contributed by atoms with van der Waals surface area (Å²) in [6, 6.07) is 16.8. The van der Waals surface area contributed by atoms with Gasteiger partial charge in [-0.15, -0.1) is 0 Å². The molecule has 2 aromatic carbocycles. The summed E-state index contributed by atoms with van der Waals surface area (Å²) in [6.45, 7) is 7.65. The molecule has 0 bridgehead atoms. The number of esters is 1. The normalized spacial score (nSPS) is 11.2. The first-order chi connectivity index (χ1) is 16.2. The van der Waals surface area contributed by atoms with Crippen LogP contribution in [0.15, 0.2) is 60.8 Å². The van der Waals surface area contributed by atoms with E-state index in [4.69, 9.17) is 9.47 Å². The zero-order valence-corrected chi connectivity index (χ0v) is 20.7. The Morgan fingerprint density at radius 3 is 2.12 bits per heavy atom. The Kier molecular flexibility index (Phi) is 8.21. The lowest BCUT2D eigenvalue weighted by Gasteiger charge is -2.19. The van der Waals surface area contributed by atoms with E-state index in [1.54, 1.807) is 25.4 Å². The number of carbonyl (C=O) groups is 2. The number of ether oxygens (including phenoxy) is 2. The Morgan fingerprint density at radius 1 is 0.882 bits per heavy atom. The number of hydrogen-bond donors (Lipinski definition) is 0.